The quantitative estimate of drug-likeness (QED) is 0.678. The van der Waals surface area contributed by atoms with Crippen LogP contribution in [0.5, 0.6) is 0 Å². The van der Waals surface area contributed by atoms with Crippen molar-refractivity contribution in [2.45, 2.75) is 0 Å². The van der Waals surface area contributed by atoms with Crippen LogP contribution in [0.4, 0.5) is 5.69 Å². The van der Waals surface area contributed by atoms with Crippen LogP contribution in [0.2, 0.25) is 0 Å². The first kappa shape index (κ1) is 10.8. The molecule has 0 aliphatic heterocycles. The van der Waals surface area contributed by atoms with Crippen LogP contribution in [0.1, 0.15) is 15.9 Å². The molecule has 2 rings (SSSR count). The molecule has 4 heteroatoms. The van der Waals surface area contributed by atoms with Gasteiger partial charge < -0.3 is 5.73 Å². The molecule has 0 saturated carbocycles. The predicted octanol–water partition coefficient (Wildman–Crippen LogP) is 2.66. The summed E-state index contributed by atoms with van der Waals surface area (Å²) in [6, 6.07) is 8.68. The van der Waals surface area contributed by atoms with Crippen LogP contribution in [-0.4, -0.2) is 10.8 Å². The lowest BCUT2D eigenvalue weighted by Crippen LogP contribution is -2.04. The van der Waals surface area contributed by atoms with Gasteiger partial charge >= 0.3 is 0 Å². The van der Waals surface area contributed by atoms with E-state index in [2.05, 4.69) is 20.9 Å². The molecule has 2 N–H and O–H groups in total. The van der Waals surface area contributed by atoms with E-state index in [0.717, 1.165) is 0 Å². The number of pyridine rings is 1. The van der Waals surface area contributed by atoms with Crippen LogP contribution in [-0.2, 0) is 0 Å². The lowest BCUT2D eigenvalue weighted by Gasteiger charge is -2.05. The number of ketones is 1. The van der Waals surface area contributed by atoms with Gasteiger partial charge in [-0.2, -0.15) is 0 Å². The van der Waals surface area contributed by atoms with E-state index in [1.54, 1.807) is 36.5 Å². The molecule has 0 atom stereocenters. The van der Waals surface area contributed by atoms with Crippen molar-refractivity contribution in [1.82, 2.24) is 4.98 Å². The predicted molar refractivity (Wildman–Crippen MR) is 66.2 cm³/mol. The summed E-state index contributed by atoms with van der Waals surface area (Å²) in [6.07, 6.45) is 3.17. The number of nitrogen functional groups attached to an aromatic ring is 1. The number of hydrogen-bond acceptors (Lipinski definition) is 3. The Morgan fingerprint density at radius 1 is 1.25 bits per heavy atom. The highest BCUT2D eigenvalue weighted by Crippen LogP contribution is 2.25. The second-order valence-corrected chi connectivity index (χ2v) is 4.07. The van der Waals surface area contributed by atoms with Gasteiger partial charge in [0.05, 0.1) is 4.47 Å². The smallest absolute Gasteiger partial charge is 0.195 e. The van der Waals surface area contributed by atoms with Crippen LogP contribution in [0.3, 0.4) is 0 Å². The van der Waals surface area contributed by atoms with E-state index in [4.69, 9.17) is 5.73 Å². The first-order chi connectivity index (χ1) is 7.70. The summed E-state index contributed by atoms with van der Waals surface area (Å²) in [4.78, 5) is 16.0. The molecule has 0 bridgehead atoms. The van der Waals surface area contributed by atoms with Gasteiger partial charge in [-0.1, -0.05) is 6.07 Å². The molecule has 16 heavy (non-hydrogen) atoms. The molecule has 3 nitrogen and oxygen atoms in total. The average Bonchev–Trinajstić information content (AvgIpc) is 2.33. The monoisotopic (exact) mass is 276 g/mol. The zero-order valence-corrected chi connectivity index (χ0v) is 9.94. The lowest BCUT2D eigenvalue weighted by molar-refractivity contribution is 0.103. The Labute approximate surface area is 101 Å². The maximum atomic E-state index is 12.1. The summed E-state index contributed by atoms with van der Waals surface area (Å²) in [7, 11) is 0. The Balaban J connectivity index is 2.46. The fourth-order valence-electron chi connectivity index (χ4n) is 1.38. The van der Waals surface area contributed by atoms with E-state index >= 15 is 0 Å². The van der Waals surface area contributed by atoms with Crippen molar-refractivity contribution in [3.63, 3.8) is 0 Å². The summed E-state index contributed by atoms with van der Waals surface area (Å²) in [5, 5.41) is 0. The van der Waals surface area contributed by atoms with Crippen LogP contribution in [0.25, 0.3) is 0 Å². The van der Waals surface area contributed by atoms with Gasteiger partial charge in [0, 0.05) is 29.2 Å². The molecule has 80 valence electrons. The third kappa shape index (κ3) is 1.97. The SMILES string of the molecule is Nc1cccc(C(=O)c2cccnc2)c1Br. The standard InChI is InChI=1S/C12H9BrN2O/c13-11-9(4-1-5-10(11)14)12(16)8-3-2-6-15-7-8/h1-7H,14H2. The molecule has 0 unspecified atom stereocenters. The molecule has 0 radical (unpaired) electrons. The van der Waals surface area contributed by atoms with Gasteiger partial charge in [-0.25, -0.2) is 0 Å². The Morgan fingerprint density at radius 3 is 2.75 bits per heavy atom. The second-order valence-electron chi connectivity index (χ2n) is 3.28. The largest absolute Gasteiger partial charge is 0.398 e. The molecule has 1 heterocycles. The highest BCUT2D eigenvalue weighted by molar-refractivity contribution is 9.10. The molecule has 0 amide bonds. The van der Waals surface area contributed by atoms with Gasteiger partial charge in [0.2, 0.25) is 0 Å². The van der Waals surface area contributed by atoms with E-state index < -0.39 is 0 Å². The maximum Gasteiger partial charge on any atom is 0.195 e. The first-order valence-electron chi connectivity index (χ1n) is 4.69. The molecule has 0 spiro atoms. The van der Waals surface area contributed by atoms with E-state index in [9.17, 15) is 4.79 Å². The Bertz CT molecular complexity index is 526. The van der Waals surface area contributed by atoms with Crippen molar-refractivity contribution < 1.29 is 4.79 Å². The van der Waals surface area contributed by atoms with Crippen molar-refractivity contribution in [1.29, 1.82) is 0 Å². The topological polar surface area (TPSA) is 56.0 Å². The molecule has 0 aliphatic rings. The number of halogens is 1. The van der Waals surface area contributed by atoms with Crippen LogP contribution in [0, 0.1) is 0 Å². The van der Waals surface area contributed by atoms with Gasteiger partial charge in [0.25, 0.3) is 0 Å². The summed E-state index contributed by atoms with van der Waals surface area (Å²) in [5.74, 6) is -0.0905. The number of hydrogen-bond donors (Lipinski definition) is 1. The van der Waals surface area contributed by atoms with Crippen molar-refractivity contribution in [3.05, 3.63) is 58.3 Å². The van der Waals surface area contributed by atoms with Gasteiger partial charge in [-0.15, -0.1) is 0 Å². The fourth-order valence-corrected chi connectivity index (χ4v) is 1.82. The summed E-state index contributed by atoms with van der Waals surface area (Å²) in [5.41, 5.74) is 7.37. The zero-order chi connectivity index (χ0) is 11.5. The van der Waals surface area contributed by atoms with Gasteiger partial charge in [0.15, 0.2) is 5.78 Å². The highest BCUT2D eigenvalue weighted by atomic mass is 79.9. The Morgan fingerprint density at radius 2 is 2.06 bits per heavy atom. The molecular weight excluding hydrogens is 268 g/mol. The van der Waals surface area contributed by atoms with Crippen molar-refractivity contribution >= 4 is 27.4 Å². The third-order valence-corrected chi connectivity index (χ3v) is 3.08. The number of anilines is 1. The molecule has 0 aliphatic carbocycles. The second kappa shape index (κ2) is 4.45. The summed E-state index contributed by atoms with van der Waals surface area (Å²) >= 11 is 3.31. The van der Waals surface area contributed by atoms with E-state index in [1.165, 1.54) is 6.20 Å². The summed E-state index contributed by atoms with van der Waals surface area (Å²) < 4.78 is 0.629. The number of rotatable bonds is 2. The molecule has 1 aromatic heterocycles. The fraction of sp³-hybridized carbons (Fsp3) is 0. The normalized spacial score (nSPS) is 10.1. The number of aromatic nitrogens is 1. The minimum absolute atomic E-state index is 0.0905. The van der Waals surface area contributed by atoms with E-state index in [1.807, 2.05) is 0 Å². The van der Waals surface area contributed by atoms with Crippen LogP contribution >= 0.6 is 15.9 Å². The molecule has 1 aromatic carbocycles. The number of nitrogens with two attached hydrogens (primary N) is 1. The molecule has 2 aromatic rings. The minimum atomic E-state index is -0.0905. The Kier molecular flexibility index (Phi) is 3.01. The maximum absolute atomic E-state index is 12.1. The first-order valence-corrected chi connectivity index (χ1v) is 5.48. The number of carbonyl (C=O) groups excluding carboxylic acids is 1. The van der Waals surface area contributed by atoms with Crippen molar-refractivity contribution in [2.24, 2.45) is 0 Å². The van der Waals surface area contributed by atoms with Gasteiger partial charge in [-0.3, -0.25) is 9.78 Å². The van der Waals surface area contributed by atoms with E-state index in [0.29, 0.717) is 21.3 Å². The minimum Gasteiger partial charge on any atom is -0.398 e. The lowest BCUT2D eigenvalue weighted by atomic mass is 10.0. The van der Waals surface area contributed by atoms with Crippen LogP contribution in [0.15, 0.2) is 47.2 Å². The number of benzene rings is 1. The zero-order valence-electron chi connectivity index (χ0n) is 8.35. The third-order valence-electron chi connectivity index (χ3n) is 2.20. The Hall–Kier alpha value is -1.68. The summed E-state index contributed by atoms with van der Waals surface area (Å²) in [6.45, 7) is 0. The van der Waals surface area contributed by atoms with E-state index in [-0.39, 0.29) is 5.78 Å². The molecular formula is C12H9BrN2O. The molecule has 0 saturated heterocycles. The number of carbonyl (C=O) groups is 1. The highest BCUT2D eigenvalue weighted by Gasteiger charge is 2.13. The van der Waals surface area contributed by atoms with Gasteiger partial charge in [0.1, 0.15) is 0 Å². The van der Waals surface area contributed by atoms with Gasteiger partial charge in [-0.05, 0) is 40.2 Å². The average molecular weight is 277 g/mol. The van der Waals surface area contributed by atoms with Crippen LogP contribution < -0.4 is 5.73 Å². The molecule has 0 fully saturated rings. The number of nitrogens with zero attached hydrogens (tertiary/aromatic N) is 1. The van der Waals surface area contributed by atoms with Crippen molar-refractivity contribution in [3.8, 4) is 0 Å². The van der Waals surface area contributed by atoms with Crippen molar-refractivity contribution in [2.75, 3.05) is 5.73 Å².